The van der Waals surface area contributed by atoms with Gasteiger partial charge >= 0.3 is 5.97 Å². The van der Waals surface area contributed by atoms with Crippen molar-refractivity contribution in [1.82, 2.24) is 0 Å². The fraction of sp³-hybridized carbons (Fsp3) is 0.348. The lowest BCUT2D eigenvalue weighted by molar-refractivity contribution is -0.153. The van der Waals surface area contributed by atoms with E-state index in [-0.39, 0.29) is 18.1 Å². The Hall–Kier alpha value is -2.94. The molecule has 33 heavy (non-hydrogen) atoms. The lowest BCUT2D eigenvalue weighted by Crippen LogP contribution is -2.60. The summed E-state index contributed by atoms with van der Waals surface area (Å²) >= 11 is 0. The average Bonchev–Trinajstić information content (AvgIpc) is 2.82. The molecule has 0 saturated heterocycles. The van der Waals surface area contributed by atoms with Crippen LogP contribution in [0.25, 0.3) is 11.1 Å². The van der Waals surface area contributed by atoms with E-state index in [2.05, 4.69) is 11.8 Å². The van der Waals surface area contributed by atoms with Crippen LogP contribution < -0.4 is 10.5 Å². The lowest BCUT2D eigenvalue weighted by Gasteiger charge is -2.30. The maximum Gasteiger partial charge on any atom is 0.355 e. The van der Waals surface area contributed by atoms with E-state index in [4.69, 9.17) is 24.7 Å². The van der Waals surface area contributed by atoms with E-state index in [1.54, 1.807) is 31.4 Å². The standard InChI is InChI=1S/C23H27NO8S/c1-29-15-16-32-14-4-5-21(24)23(31-3,22(25)26)33(27,28)20-12-8-18(9-13-20)17-6-10-19(30-2)11-7-17/h6-13,21H,14-16,24H2,1-3H3,(H,25,26). The molecule has 2 rings (SSSR count). The third-order valence-electron chi connectivity index (χ3n) is 4.86. The number of carbonyl (C=O) groups is 1. The summed E-state index contributed by atoms with van der Waals surface area (Å²) in [6.07, 6.45) is 0. The van der Waals surface area contributed by atoms with E-state index < -0.39 is 26.8 Å². The van der Waals surface area contributed by atoms with Crippen molar-refractivity contribution in [2.75, 3.05) is 41.2 Å². The van der Waals surface area contributed by atoms with Crippen LogP contribution in [0.2, 0.25) is 0 Å². The molecule has 0 aliphatic rings. The summed E-state index contributed by atoms with van der Waals surface area (Å²) in [5.74, 6) is 3.86. The first-order valence-corrected chi connectivity index (χ1v) is 11.3. The van der Waals surface area contributed by atoms with Crippen molar-refractivity contribution in [2.24, 2.45) is 5.73 Å². The van der Waals surface area contributed by atoms with Gasteiger partial charge in [-0.15, -0.1) is 0 Å². The van der Waals surface area contributed by atoms with Crippen molar-refractivity contribution in [2.45, 2.75) is 15.9 Å². The van der Waals surface area contributed by atoms with Gasteiger partial charge in [-0.2, -0.15) is 0 Å². The minimum absolute atomic E-state index is 0.0763. The predicted molar refractivity (Wildman–Crippen MR) is 121 cm³/mol. The van der Waals surface area contributed by atoms with Gasteiger partial charge in [0, 0.05) is 14.2 Å². The van der Waals surface area contributed by atoms with Gasteiger partial charge in [0.1, 0.15) is 18.4 Å². The predicted octanol–water partition coefficient (Wildman–Crippen LogP) is 1.56. The zero-order valence-electron chi connectivity index (χ0n) is 18.6. The summed E-state index contributed by atoms with van der Waals surface area (Å²) in [5.41, 5.74) is 7.48. The number of rotatable bonds is 11. The first-order chi connectivity index (χ1) is 15.7. The van der Waals surface area contributed by atoms with Gasteiger partial charge in [-0.3, -0.25) is 0 Å². The van der Waals surface area contributed by atoms with Gasteiger partial charge in [0.15, 0.2) is 0 Å². The van der Waals surface area contributed by atoms with Gasteiger partial charge in [-0.05, 0) is 35.4 Å². The van der Waals surface area contributed by atoms with Crippen molar-refractivity contribution in [3.05, 3.63) is 48.5 Å². The Bertz CT molecular complexity index is 1090. The Morgan fingerprint density at radius 1 is 1.03 bits per heavy atom. The Morgan fingerprint density at radius 2 is 1.61 bits per heavy atom. The van der Waals surface area contributed by atoms with Gasteiger partial charge in [0.2, 0.25) is 9.84 Å². The van der Waals surface area contributed by atoms with Crippen LogP contribution >= 0.6 is 0 Å². The highest BCUT2D eigenvalue weighted by Crippen LogP contribution is 2.31. The fourth-order valence-electron chi connectivity index (χ4n) is 3.04. The first-order valence-electron chi connectivity index (χ1n) is 9.83. The Kier molecular flexibility index (Phi) is 9.40. The van der Waals surface area contributed by atoms with Crippen molar-refractivity contribution < 1.29 is 37.3 Å². The van der Waals surface area contributed by atoms with Gasteiger partial charge in [0.05, 0.1) is 25.2 Å². The smallest absolute Gasteiger partial charge is 0.355 e. The number of hydrogen-bond acceptors (Lipinski definition) is 8. The zero-order chi connectivity index (χ0) is 24.5. The van der Waals surface area contributed by atoms with Crippen molar-refractivity contribution >= 4 is 15.8 Å². The van der Waals surface area contributed by atoms with Gasteiger partial charge < -0.3 is 29.8 Å². The lowest BCUT2D eigenvalue weighted by atomic mass is 10.1. The van der Waals surface area contributed by atoms with Gasteiger partial charge in [-0.25, -0.2) is 13.2 Å². The summed E-state index contributed by atoms with van der Waals surface area (Å²) < 4.78 is 46.9. The summed E-state index contributed by atoms with van der Waals surface area (Å²) in [6.45, 7) is 0.548. The second-order valence-electron chi connectivity index (χ2n) is 6.78. The van der Waals surface area contributed by atoms with Crippen molar-refractivity contribution in [1.29, 1.82) is 0 Å². The second kappa shape index (κ2) is 11.8. The van der Waals surface area contributed by atoms with Crippen LogP contribution in [-0.2, 0) is 28.8 Å². The van der Waals surface area contributed by atoms with E-state index in [1.807, 2.05) is 12.1 Å². The summed E-state index contributed by atoms with van der Waals surface area (Å²) in [5, 5.41) is 9.83. The highest BCUT2D eigenvalue weighted by Gasteiger charge is 2.57. The Morgan fingerprint density at radius 3 is 2.09 bits per heavy atom. The molecule has 0 spiro atoms. The van der Waals surface area contributed by atoms with Crippen LogP contribution in [0.15, 0.2) is 53.4 Å². The molecule has 0 saturated carbocycles. The highest BCUT2D eigenvalue weighted by atomic mass is 32.2. The van der Waals surface area contributed by atoms with E-state index >= 15 is 0 Å². The molecule has 0 amide bonds. The number of hydrogen-bond donors (Lipinski definition) is 2. The minimum Gasteiger partial charge on any atom is -0.497 e. The fourth-order valence-corrected chi connectivity index (χ4v) is 4.72. The largest absolute Gasteiger partial charge is 0.497 e. The number of carboxylic acid groups (broad SMARTS) is 1. The normalized spacial score (nSPS) is 13.9. The Labute approximate surface area is 193 Å². The molecule has 2 unspecified atom stereocenters. The average molecular weight is 478 g/mol. The van der Waals surface area contributed by atoms with E-state index in [9.17, 15) is 18.3 Å². The highest BCUT2D eigenvalue weighted by molar-refractivity contribution is 7.93. The van der Waals surface area contributed by atoms with Gasteiger partial charge in [-0.1, -0.05) is 36.1 Å². The van der Waals surface area contributed by atoms with Crippen LogP contribution in [0.1, 0.15) is 0 Å². The summed E-state index contributed by atoms with van der Waals surface area (Å²) in [6, 6.07) is 11.2. The van der Waals surface area contributed by atoms with Crippen molar-refractivity contribution in [3.63, 3.8) is 0 Å². The number of aliphatic carboxylic acids is 1. The SMILES string of the molecule is COCCOCC#CC(N)C(OC)(C(=O)O)S(=O)(=O)c1ccc(-c2ccc(OC)cc2)cc1. The van der Waals surface area contributed by atoms with Crippen LogP contribution in [0, 0.1) is 11.8 Å². The van der Waals surface area contributed by atoms with Gasteiger partial charge in [0.25, 0.3) is 4.93 Å². The maximum absolute atomic E-state index is 13.4. The molecule has 178 valence electrons. The molecule has 0 fully saturated rings. The zero-order valence-corrected chi connectivity index (χ0v) is 19.4. The van der Waals surface area contributed by atoms with E-state index in [0.29, 0.717) is 12.4 Å². The minimum atomic E-state index is -4.60. The molecular formula is C23H27NO8S. The number of carboxylic acids is 1. The Balaban J connectivity index is 2.35. The monoisotopic (exact) mass is 477 g/mol. The van der Waals surface area contributed by atoms with Crippen LogP contribution in [0.4, 0.5) is 0 Å². The maximum atomic E-state index is 13.4. The van der Waals surface area contributed by atoms with Crippen LogP contribution in [-0.4, -0.2) is 71.6 Å². The molecule has 0 bridgehead atoms. The number of sulfone groups is 1. The molecule has 0 radical (unpaired) electrons. The molecular weight excluding hydrogens is 450 g/mol. The van der Waals surface area contributed by atoms with Crippen LogP contribution in [0.5, 0.6) is 5.75 Å². The van der Waals surface area contributed by atoms with E-state index in [1.165, 1.54) is 19.2 Å². The number of nitrogens with two attached hydrogens (primary N) is 1. The molecule has 2 aromatic rings. The summed E-state index contributed by atoms with van der Waals surface area (Å²) in [4.78, 5) is 9.05. The molecule has 0 aromatic heterocycles. The number of ether oxygens (including phenoxy) is 4. The molecule has 10 heteroatoms. The molecule has 0 aliphatic heterocycles. The molecule has 9 nitrogen and oxygen atoms in total. The van der Waals surface area contributed by atoms with Crippen LogP contribution in [0.3, 0.4) is 0 Å². The van der Waals surface area contributed by atoms with E-state index in [0.717, 1.165) is 18.2 Å². The number of benzene rings is 2. The number of methoxy groups -OCH3 is 3. The third-order valence-corrected chi connectivity index (χ3v) is 7.15. The van der Waals surface area contributed by atoms with Crippen molar-refractivity contribution in [3.8, 4) is 28.7 Å². The third kappa shape index (κ3) is 5.71. The molecule has 2 aromatic carbocycles. The molecule has 0 aliphatic carbocycles. The molecule has 3 N–H and O–H groups in total. The second-order valence-corrected chi connectivity index (χ2v) is 8.86. The topological polar surface area (TPSA) is 134 Å². The quantitative estimate of drug-likeness (QED) is 0.365. The molecule has 0 heterocycles. The summed E-state index contributed by atoms with van der Waals surface area (Å²) in [7, 11) is -0.565. The first kappa shape index (κ1) is 26.3. The molecule has 2 atom stereocenters.